The maximum Gasteiger partial charge on any atom is 0.143 e. The van der Waals surface area contributed by atoms with E-state index in [2.05, 4.69) is 0 Å². The highest BCUT2D eigenvalue weighted by atomic mass is 35.5. The predicted octanol–water partition coefficient (Wildman–Crippen LogP) is 2.68. The molecule has 0 amide bonds. The predicted molar refractivity (Wildman–Crippen MR) is 62.8 cm³/mol. The molecule has 0 N–H and O–H groups in total. The molecule has 1 atom stereocenters. The van der Waals surface area contributed by atoms with Gasteiger partial charge in [0.05, 0.1) is 19.3 Å². The second kappa shape index (κ2) is 7.88. The van der Waals surface area contributed by atoms with Crippen molar-refractivity contribution in [3.63, 3.8) is 0 Å². The number of nitrogens with zero attached hydrogens (tertiary/aromatic N) is 1. The van der Waals surface area contributed by atoms with Crippen LogP contribution < -0.4 is 4.74 Å². The molecule has 1 rings (SSSR count). The summed E-state index contributed by atoms with van der Waals surface area (Å²) in [6.07, 6.45) is 0. The van der Waals surface area contributed by atoms with Crippen LogP contribution >= 0.6 is 11.6 Å². The Labute approximate surface area is 105 Å². The molecular formula is C12H13ClFNO2. The summed E-state index contributed by atoms with van der Waals surface area (Å²) in [5, 5.41) is 7.82. The lowest BCUT2D eigenvalue weighted by molar-refractivity contribution is 0.128. The smallest absolute Gasteiger partial charge is 0.143 e. The summed E-state index contributed by atoms with van der Waals surface area (Å²) in [5.74, 6) is 0.624. The molecule has 0 saturated carbocycles. The SMILES string of the molecule is N#CC(Cl)COCc1ccc(OCCF)cc1. The number of nitriles is 1. The van der Waals surface area contributed by atoms with Gasteiger partial charge in [0, 0.05) is 0 Å². The van der Waals surface area contributed by atoms with Gasteiger partial charge in [-0.2, -0.15) is 5.26 Å². The molecule has 0 spiro atoms. The Hall–Kier alpha value is -1.31. The minimum Gasteiger partial charge on any atom is -0.491 e. The number of hydrogen-bond donors (Lipinski definition) is 0. The molecule has 5 heteroatoms. The molecule has 1 unspecified atom stereocenters. The zero-order valence-corrected chi connectivity index (χ0v) is 9.99. The van der Waals surface area contributed by atoms with Crippen LogP contribution in [0.25, 0.3) is 0 Å². The molecule has 17 heavy (non-hydrogen) atoms. The van der Waals surface area contributed by atoms with Gasteiger partial charge in [0.2, 0.25) is 0 Å². The molecule has 92 valence electrons. The highest BCUT2D eigenvalue weighted by Crippen LogP contribution is 2.13. The van der Waals surface area contributed by atoms with Crippen molar-refractivity contribution in [2.75, 3.05) is 19.9 Å². The summed E-state index contributed by atoms with van der Waals surface area (Å²) in [6, 6.07) is 9.01. The Morgan fingerprint density at radius 3 is 2.65 bits per heavy atom. The standard InChI is InChI=1S/C12H13ClFNO2/c13-11(7-15)9-16-8-10-1-3-12(4-2-10)17-6-5-14/h1-4,11H,5-6,8-9H2. The van der Waals surface area contributed by atoms with Gasteiger partial charge in [0.25, 0.3) is 0 Å². The first-order valence-electron chi connectivity index (χ1n) is 5.15. The molecular weight excluding hydrogens is 245 g/mol. The van der Waals surface area contributed by atoms with Gasteiger partial charge >= 0.3 is 0 Å². The van der Waals surface area contributed by atoms with Crippen LogP contribution in [0.5, 0.6) is 5.75 Å². The quantitative estimate of drug-likeness (QED) is 0.706. The van der Waals surface area contributed by atoms with Gasteiger partial charge in [-0.1, -0.05) is 12.1 Å². The van der Waals surface area contributed by atoms with Crippen LogP contribution in [0.1, 0.15) is 5.56 Å². The van der Waals surface area contributed by atoms with Crippen molar-refractivity contribution in [1.82, 2.24) is 0 Å². The van der Waals surface area contributed by atoms with Crippen molar-refractivity contribution in [1.29, 1.82) is 5.26 Å². The van der Waals surface area contributed by atoms with Crippen LogP contribution in [-0.4, -0.2) is 25.3 Å². The maximum atomic E-state index is 11.9. The lowest BCUT2D eigenvalue weighted by atomic mass is 10.2. The van der Waals surface area contributed by atoms with Crippen molar-refractivity contribution < 1.29 is 13.9 Å². The van der Waals surface area contributed by atoms with Gasteiger partial charge in [-0.15, -0.1) is 11.6 Å². The van der Waals surface area contributed by atoms with Crippen LogP contribution in [0.3, 0.4) is 0 Å². The number of halogens is 2. The van der Waals surface area contributed by atoms with E-state index in [1.807, 2.05) is 18.2 Å². The van der Waals surface area contributed by atoms with E-state index in [0.29, 0.717) is 12.4 Å². The summed E-state index contributed by atoms with van der Waals surface area (Å²) >= 11 is 5.57. The first-order chi connectivity index (χ1) is 8.26. The molecule has 0 aliphatic rings. The van der Waals surface area contributed by atoms with E-state index in [4.69, 9.17) is 26.3 Å². The molecule has 0 aromatic heterocycles. The molecule has 1 aromatic carbocycles. The Morgan fingerprint density at radius 2 is 2.06 bits per heavy atom. The van der Waals surface area contributed by atoms with E-state index < -0.39 is 12.1 Å². The molecule has 1 aromatic rings. The summed E-state index contributed by atoms with van der Waals surface area (Å²) in [6.45, 7) is 0.133. The number of benzene rings is 1. The minimum absolute atomic E-state index is 0.0615. The largest absolute Gasteiger partial charge is 0.491 e. The van der Waals surface area contributed by atoms with E-state index in [1.165, 1.54) is 0 Å². The third-order valence-electron chi connectivity index (χ3n) is 1.94. The molecule has 3 nitrogen and oxygen atoms in total. The summed E-state index contributed by atoms with van der Waals surface area (Å²) in [4.78, 5) is 0. The molecule has 0 aliphatic carbocycles. The van der Waals surface area contributed by atoms with Crippen LogP contribution in [0.4, 0.5) is 4.39 Å². The van der Waals surface area contributed by atoms with Crippen LogP contribution in [0.2, 0.25) is 0 Å². The normalized spacial score (nSPS) is 11.8. The van der Waals surface area contributed by atoms with Crippen molar-refractivity contribution in [2.45, 2.75) is 12.0 Å². The number of ether oxygens (including phenoxy) is 2. The Kier molecular flexibility index (Phi) is 6.38. The lowest BCUT2D eigenvalue weighted by Crippen LogP contribution is -2.06. The summed E-state index contributed by atoms with van der Waals surface area (Å²) in [7, 11) is 0. The topological polar surface area (TPSA) is 42.2 Å². The zero-order valence-electron chi connectivity index (χ0n) is 9.23. The van der Waals surface area contributed by atoms with Gasteiger partial charge < -0.3 is 9.47 Å². The maximum absolute atomic E-state index is 11.9. The van der Waals surface area contributed by atoms with Gasteiger partial charge in [0.1, 0.15) is 24.4 Å². The van der Waals surface area contributed by atoms with Crippen molar-refractivity contribution in [2.24, 2.45) is 0 Å². The molecule has 0 aliphatic heterocycles. The van der Waals surface area contributed by atoms with Crippen LogP contribution in [0.15, 0.2) is 24.3 Å². The summed E-state index contributed by atoms with van der Waals surface area (Å²) in [5.41, 5.74) is 0.944. The Bertz CT molecular complexity index is 364. The van der Waals surface area contributed by atoms with Gasteiger partial charge in [-0.25, -0.2) is 4.39 Å². The monoisotopic (exact) mass is 257 g/mol. The van der Waals surface area contributed by atoms with Crippen molar-refractivity contribution in [3.8, 4) is 11.8 Å². The minimum atomic E-state index is -0.623. The van der Waals surface area contributed by atoms with E-state index in [9.17, 15) is 4.39 Å². The van der Waals surface area contributed by atoms with E-state index >= 15 is 0 Å². The average Bonchev–Trinajstić information content (AvgIpc) is 2.37. The van der Waals surface area contributed by atoms with Gasteiger partial charge in [-0.3, -0.25) is 0 Å². The third kappa shape index (κ3) is 5.53. The zero-order chi connectivity index (χ0) is 12.5. The number of hydrogen-bond acceptors (Lipinski definition) is 3. The second-order valence-electron chi connectivity index (χ2n) is 3.29. The van der Waals surface area contributed by atoms with Gasteiger partial charge in [0.15, 0.2) is 0 Å². The fourth-order valence-corrected chi connectivity index (χ4v) is 1.24. The van der Waals surface area contributed by atoms with Crippen LogP contribution in [0, 0.1) is 11.3 Å². The second-order valence-corrected chi connectivity index (χ2v) is 3.82. The van der Waals surface area contributed by atoms with E-state index in [0.717, 1.165) is 5.56 Å². The lowest BCUT2D eigenvalue weighted by Gasteiger charge is -2.06. The van der Waals surface area contributed by atoms with E-state index in [-0.39, 0.29) is 13.2 Å². The fraction of sp³-hybridized carbons (Fsp3) is 0.417. The number of alkyl halides is 2. The van der Waals surface area contributed by atoms with Crippen molar-refractivity contribution in [3.05, 3.63) is 29.8 Å². The molecule has 0 fully saturated rings. The Balaban J connectivity index is 2.33. The fourth-order valence-electron chi connectivity index (χ4n) is 1.16. The Morgan fingerprint density at radius 1 is 1.35 bits per heavy atom. The molecule has 0 saturated heterocycles. The van der Waals surface area contributed by atoms with Gasteiger partial charge in [-0.05, 0) is 17.7 Å². The average molecular weight is 258 g/mol. The number of rotatable bonds is 7. The first kappa shape index (κ1) is 13.8. The first-order valence-corrected chi connectivity index (χ1v) is 5.59. The van der Waals surface area contributed by atoms with E-state index in [1.54, 1.807) is 12.1 Å². The highest BCUT2D eigenvalue weighted by molar-refractivity contribution is 6.22. The third-order valence-corrected chi connectivity index (χ3v) is 2.17. The highest BCUT2D eigenvalue weighted by Gasteiger charge is 2.02. The molecule has 0 radical (unpaired) electrons. The van der Waals surface area contributed by atoms with Crippen molar-refractivity contribution >= 4 is 11.6 Å². The summed E-state index contributed by atoms with van der Waals surface area (Å²) < 4.78 is 22.2. The van der Waals surface area contributed by atoms with Crippen LogP contribution in [-0.2, 0) is 11.3 Å². The molecule has 0 bridgehead atoms. The molecule has 0 heterocycles.